The number of nitrogens with zero attached hydrogens (tertiary/aromatic N) is 2. The van der Waals surface area contributed by atoms with Crippen LogP contribution in [-0.4, -0.2) is 10.8 Å². The first-order chi connectivity index (χ1) is 15.4. The van der Waals surface area contributed by atoms with Crippen molar-refractivity contribution in [2.75, 3.05) is 4.90 Å². The number of halogens is 1. The summed E-state index contributed by atoms with van der Waals surface area (Å²) in [5.41, 5.74) is 2.75. The number of anilines is 2. The molecule has 5 rings (SSSR count). The highest BCUT2D eigenvalue weighted by Crippen LogP contribution is 2.49. The van der Waals surface area contributed by atoms with E-state index in [-0.39, 0.29) is 17.4 Å². The van der Waals surface area contributed by atoms with Crippen molar-refractivity contribution in [2.45, 2.75) is 16.7 Å². The second kappa shape index (κ2) is 7.85. The summed E-state index contributed by atoms with van der Waals surface area (Å²) < 4.78 is 5.91. The van der Waals surface area contributed by atoms with Crippen LogP contribution in [0.1, 0.15) is 16.1 Å². The van der Waals surface area contributed by atoms with E-state index in [4.69, 9.17) is 16.0 Å². The Morgan fingerprint density at radius 2 is 1.78 bits per heavy atom. The van der Waals surface area contributed by atoms with Gasteiger partial charge >= 0.3 is 0 Å². The zero-order valence-corrected chi connectivity index (χ0v) is 18.3. The van der Waals surface area contributed by atoms with Crippen LogP contribution in [0.4, 0.5) is 17.1 Å². The third-order valence-corrected chi connectivity index (χ3v) is 6.57. The Labute approximate surface area is 192 Å². The van der Waals surface area contributed by atoms with E-state index in [2.05, 4.69) is 0 Å². The van der Waals surface area contributed by atoms with E-state index in [1.165, 1.54) is 12.1 Å². The normalized spacial score (nSPS) is 12.2. The minimum Gasteiger partial charge on any atom is -0.451 e. The number of carbonyl (C=O) groups excluding carboxylic acids is 1. The minimum atomic E-state index is -0.457. The minimum absolute atomic E-state index is 0.0413. The van der Waals surface area contributed by atoms with Crippen LogP contribution >= 0.6 is 23.4 Å². The lowest BCUT2D eigenvalue weighted by Crippen LogP contribution is -2.28. The van der Waals surface area contributed by atoms with Crippen molar-refractivity contribution >= 4 is 46.3 Å². The molecule has 1 aromatic heterocycles. The Hall–Kier alpha value is -3.55. The number of nitro groups is 1. The lowest BCUT2D eigenvalue weighted by atomic mass is 10.1. The molecular weight excluding hydrogens is 448 g/mol. The predicted octanol–water partition coefficient (Wildman–Crippen LogP) is 7.26. The quantitative estimate of drug-likeness (QED) is 0.236. The van der Waals surface area contributed by atoms with Crippen LogP contribution in [-0.2, 0) is 0 Å². The molecule has 0 spiro atoms. The van der Waals surface area contributed by atoms with Gasteiger partial charge in [-0.15, -0.1) is 0 Å². The van der Waals surface area contributed by atoms with Gasteiger partial charge in [0.15, 0.2) is 5.76 Å². The second-order valence-electron chi connectivity index (χ2n) is 7.24. The van der Waals surface area contributed by atoms with Crippen LogP contribution in [0.3, 0.4) is 0 Å². The maximum atomic E-state index is 13.6. The summed E-state index contributed by atoms with van der Waals surface area (Å²) in [6.45, 7) is 1.83. The van der Waals surface area contributed by atoms with Crippen molar-refractivity contribution in [1.29, 1.82) is 0 Å². The molecule has 32 heavy (non-hydrogen) atoms. The summed E-state index contributed by atoms with van der Waals surface area (Å²) >= 11 is 7.80. The van der Waals surface area contributed by atoms with Crippen molar-refractivity contribution in [3.8, 4) is 11.3 Å². The first kappa shape index (κ1) is 20.4. The highest BCUT2D eigenvalue weighted by molar-refractivity contribution is 7.99. The molecule has 0 bridgehead atoms. The van der Waals surface area contributed by atoms with Crippen LogP contribution in [0.25, 0.3) is 11.3 Å². The SMILES string of the molecule is Cc1ccc([N+](=O)[O-])cc1-c1ccc(C(=O)N2c3ccccc3Sc3ccc(Cl)cc32)o1. The van der Waals surface area contributed by atoms with Crippen LogP contribution in [0.15, 0.2) is 87.0 Å². The van der Waals surface area contributed by atoms with Crippen molar-refractivity contribution < 1.29 is 14.1 Å². The van der Waals surface area contributed by atoms with Gasteiger partial charge in [-0.3, -0.25) is 19.8 Å². The van der Waals surface area contributed by atoms with Crippen LogP contribution in [0.2, 0.25) is 5.02 Å². The molecular formula is C24H15ClN2O4S. The third kappa shape index (κ3) is 3.45. The molecule has 0 saturated carbocycles. The average molecular weight is 463 g/mol. The number of benzene rings is 3. The van der Waals surface area contributed by atoms with Gasteiger partial charge in [-0.1, -0.05) is 41.6 Å². The Bertz CT molecular complexity index is 1400. The second-order valence-corrected chi connectivity index (χ2v) is 8.76. The fourth-order valence-electron chi connectivity index (χ4n) is 3.64. The molecule has 3 aromatic carbocycles. The number of para-hydroxylation sites is 1. The van der Waals surface area contributed by atoms with Crippen LogP contribution < -0.4 is 4.90 Å². The number of fused-ring (bicyclic) bond motifs is 2. The molecule has 0 saturated heterocycles. The number of furan rings is 1. The zero-order chi connectivity index (χ0) is 22.4. The molecule has 0 radical (unpaired) electrons. The smallest absolute Gasteiger partial charge is 0.298 e. The van der Waals surface area contributed by atoms with Gasteiger partial charge in [-0.25, -0.2) is 0 Å². The van der Waals surface area contributed by atoms with E-state index >= 15 is 0 Å². The molecule has 158 valence electrons. The van der Waals surface area contributed by atoms with Gasteiger partial charge in [0, 0.05) is 32.5 Å². The Kier molecular flexibility index (Phi) is 5.00. The standard InChI is InChI=1S/C24H15ClN2O4S/c1-14-6-8-16(27(29)30)13-17(14)20-9-10-21(31-20)24(28)26-18-4-2-3-5-22(18)32-23-11-7-15(25)12-19(23)26/h2-13H,1H3. The molecule has 4 aromatic rings. The Morgan fingerprint density at radius 1 is 1.00 bits per heavy atom. The maximum absolute atomic E-state index is 13.6. The number of rotatable bonds is 3. The van der Waals surface area contributed by atoms with E-state index in [0.29, 0.717) is 22.0 Å². The Morgan fingerprint density at radius 3 is 2.59 bits per heavy atom. The lowest BCUT2D eigenvalue weighted by molar-refractivity contribution is -0.384. The molecule has 0 atom stereocenters. The van der Waals surface area contributed by atoms with Gasteiger partial charge in [-0.2, -0.15) is 0 Å². The number of amides is 1. The third-order valence-electron chi connectivity index (χ3n) is 5.21. The van der Waals surface area contributed by atoms with E-state index in [1.54, 1.807) is 47.0 Å². The van der Waals surface area contributed by atoms with Gasteiger partial charge in [0.1, 0.15) is 5.76 Å². The van der Waals surface area contributed by atoms with Gasteiger partial charge in [0.05, 0.1) is 16.3 Å². The molecule has 0 aliphatic carbocycles. The number of nitro benzene ring substituents is 1. The number of aryl methyl sites for hydroxylation is 1. The highest BCUT2D eigenvalue weighted by atomic mass is 35.5. The highest BCUT2D eigenvalue weighted by Gasteiger charge is 2.31. The predicted molar refractivity (Wildman–Crippen MR) is 124 cm³/mol. The molecule has 0 fully saturated rings. The van der Waals surface area contributed by atoms with Gasteiger partial charge in [0.25, 0.3) is 11.6 Å². The first-order valence-electron chi connectivity index (χ1n) is 9.68. The maximum Gasteiger partial charge on any atom is 0.298 e. The van der Waals surface area contributed by atoms with Crippen molar-refractivity contribution in [3.63, 3.8) is 0 Å². The molecule has 0 N–H and O–H groups in total. The van der Waals surface area contributed by atoms with Gasteiger partial charge in [-0.05, 0) is 55.0 Å². The summed E-state index contributed by atoms with van der Waals surface area (Å²) in [6.07, 6.45) is 0. The van der Waals surface area contributed by atoms with Crippen molar-refractivity contribution in [2.24, 2.45) is 0 Å². The zero-order valence-electron chi connectivity index (χ0n) is 16.7. The Balaban J connectivity index is 1.59. The molecule has 6 nitrogen and oxygen atoms in total. The van der Waals surface area contributed by atoms with Gasteiger partial charge in [0.2, 0.25) is 0 Å². The number of hydrogen-bond acceptors (Lipinski definition) is 5. The molecule has 8 heteroatoms. The van der Waals surface area contributed by atoms with E-state index in [1.807, 2.05) is 37.3 Å². The summed E-state index contributed by atoms with van der Waals surface area (Å²) in [5, 5.41) is 11.7. The molecule has 1 aliphatic rings. The summed E-state index contributed by atoms with van der Waals surface area (Å²) in [7, 11) is 0. The molecule has 1 aliphatic heterocycles. The fraction of sp³-hybridized carbons (Fsp3) is 0.0417. The number of non-ortho nitro benzene ring substituents is 1. The van der Waals surface area contributed by atoms with E-state index < -0.39 is 4.92 Å². The largest absolute Gasteiger partial charge is 0.451 e. The summed E-state index contributed by atoms with van der Waals surface area (Å²) in [5.74, 6) is 0.162. The van der Waals surface area contributed by atoms with E-state index in [9.17, 15) is 14.9 Å². The van der Waals surface area contributed by atoms with Crippen LogP contribution in [0, 0.1) is 17.0 Å². The topological polar surface area (TPSA) is 76.6 Å². The first-order valence-corrected chi connectivity index (χ1v) is 10.9. The summed E-state index contributed by atoms with van der Waals surface area (Å²) in [6, 6.07) is 20.9. The number of hydrogen-bond donors (Lipinski definition) is 0. The monoisotopic (exact) mass is 462 g/mol. The number of carbonyl (C=O) groups is 1. The lowest BCUT2D eigenvalue weighted by Gasteiger charge is -2.30. The van der Waals surface area contributed by atoms with E-state index in [0.717, 1.165) is 21.0 Å². The molecule has 1 amide bonds. The molecule has 0 unspecified atom stereocenters. The van der Waals surface area contributed by atoms with Crippen molar-refractivity contribution in [3.05, 3.63) is 99.3 Å². The van der Waals surface area contributed by atoms with Gasteiger partial charge < -0.3 is 4.42 Å². The molecule has 2 heterocycles. The van der Waals surface area contributed by atoms with Crippen LogP contribution in [0.5, 0.6) is 0 Å². The summed E-state index contributed by atoms with van der Waals surface area (Å²) in [4.78, 5) is 27.8. The fourth-order valence-corrected chi connectivity index (χ4v) is 4.85. The van der Waals surface area contributed by atoms with Crippen molar-refractivity contribution in [1.82, 2.24) is 0 Å². The average Bonchev–Trinajstić information content (AvgIpc) is 3.27.